The van der Waals surface area contributed by atoms with Crippen LogP contribution in [0.2, 0.25) is 0 Å². The fourth-order valence-electron chi connectivity index (χ4n) is 3.07. The van der Waals surface area contributed by atoms with Crippen molar-refractivity contribution in [3.63, 3.8) is 0 Å². The van der Waals surface area contributed by atoms with Gasteiger partial charge in [0.2, 0.25) is 0 Å². The number of nitrogens with zero attached hydrogens (tertiary/aromatic N) is 2. The highest BCUT2D eigenvalue weighted by Crippen LogP contribution is 2.29. The molecule has 0 radical (unpaired) electrons. The Bertz CT molecular complexity index is 878. The van der Waals surface area contributed by atoms with Crippen molar-refractivity contribution in [2.24, 2.45) is 0 Å². The number of benzene rings is 2. The van der Waals surface area contributed by atoms with Crippen LogP contribution >= 0.6 is 0 Å². The molecule has 0 amide bonds. The van der Waals surface area contributed by atoms with Gasteiger partial charge in [-0.3, -0.25) is 0 Å². The van der Waals surface area contributed by atoms with Crippen molar-refractivity contribution < 1.29 is 4.74 Å². The zero-order valence-electron chi connectivity index (χ0n) is 13.8. The topological polar surface area (TPSA) is 27.1 Å². The molecule has 0 bridgehead atoms. The predicted molar refractivity (Wildman–Crippen MR) is 97.5 cm³/mol. The van der Waals surface area contributed by atoms with Gasteiger partial charge in [0.15, 0.2) is 0 Å². The SMILES string of the molecule is Cc1cccc(-c2cn(C3=CCOCC3)c(-c3ccccc3)n2)c1. The molecule has 0 N–H and O–H groups in total. The second kappa shape index (κ2) is 6.46. The maximum absolute atomic E-state index is 5.46. The average molecular weight is 316 g/mol. The quantitative estimate of drug-likeness (QED) is 0.695. The van der Waals surface area contributed by atoms with Crippen LogP contribution in [-0.2, 0) is 4.74 Å². The van der Waals surface area contributed by atoms with Gasteiger partial charge in [0.1, 0.15) is 5.82 Å². The zero-order valence-corrected chi connectivity index (χ0v) is 13.8. The highest BCUT2D eigenvalue weighted by molar-refractivity contribution is 5.70. The van der Waals surface area contributed by atoms with Crippen molar-refractivity contribution in [1.82, 2.24) is 9.55 Å². The minimum atomic E-state index is 0.668. The molecule has 0 atom stereocenters. The molecule has 0 unspecified atom stereocenters. The number of hydrogen-bond donors (Lipinski definition) is 0. The number of ether oxygens (including phenoxy) is 1. The van der Waals surface area contributed by atoms with Crippen LogP contribution in [0.1, 0.15) is 12.0 Å². The molecule has 0 fully saturated rings. The van der Waals surface area contributed by atoms with E-state index in [1.165, 1.54) is 11.3 Å². The number of aromatic nitrogens is 2. The molecule has 0 saturated carbocycles. The molecule has 1 aliphatic rings. The molecule has 2 heterocycles. The molecule has 3 nitrogen and oxygen atoms in total. The fraction of sp³-hybridized carbons (Fsp3) is 0.190. The third-order valence-electron chi connectivity index (χ3n) is 4.30. The van der Waals surface area contributed by atoms with Crippen LogP contribution in [0.25, 0.3) is 28.3 Å². The molecule has 1 aromatic heterocycles. The zero-order chi connectivity index (χ0) is 16.4. The van der Waals surface area contributed by atoms with E-state index in [1.54, 1.807) is 0 Å². The Kier molecular flexibility index (Phi) is 4.01. The van der Waals surface area contributed by atoms with Gasteiger partial charge in [0.05, 0.1) is 18.9 Å². The molecule has 24 heavy (non-hydrogen) atoms. The molecular formula is C21H20N2O. The van der Waals surface area contributed by atoms with Crippen molar-refractivity contribution in [2.45, 2.75) is 13.3 Å². The van der Waals surface area contributed by atoms with E-state index in [9.17, 15) is 0 Å². The van der Waals surface area contributed by atoms with E-state index in [0.717, 1.165) is 35.7 Å². The van der Waals surface area contributed by atoms with Crippen molar-refractivity contribution in [1.29, 1.82) is 0 Å². The van der Waals surface area contributed by atoms with Gasteiger partial charge in [-0.1, -0.05) is 54.1 Å². The van der Waals surface area contributed by atoms with Gasteiger partial charge < -0.3 is 9.30 Å². The van der Waals surface area contributed by atoms with Crippen LogP contribution in [0.4, 0.5) is 0 Å². The van der Waals surface area contributed by atoms with E-state index >= 15 is 0 Å². The first kappa shape index (κ1) is 14.9. The van der Waals surface area contributed by atoms with Crippen LogP contribution in [0.5, 0.6) is 0 Å². The van der Waals surface area contributed by atoms with Crippen LogP contribution in [0, 0.1) is 6.92 Å². The highest BCUT2D eigenvalue weighted by atomic mass is 16.5. The number of imidazole rings is 1. The molecule has 2 aromatic carbocycles. The summed E-state index contributed by atoms with van der Waals surface area (Å²) in [6.45, 7) is 3.54. The molecule has 4 rings (SSSR count). The Morgan fingerprint density at radius 2 is 1.83 bits per heavy atom. The summed E-state index contributed by atoms with van der Waals surface area (Å²) in [5, 5.41) is 0. The van der Waals surface area contributed by atoms with Crippen molar-refractivity contribution in [3.05, 3.63) is 72.4 Å². The summed E-state index contributed by atoms with van der Waals surface area (Å²) in [4.78, 5) is 4.95. The lowest BCUT2D eigenvalue weighted by molar-refractivity contribution is 0.159. The van der Waals surface area contributed by atoms with Gasteiger partial charge in [0, 0.05) is 29.4 Å². The van der Waals surface area contributed by atoms with E-state index in [-0.39, 0.29) is 0 Å². The van der Waals surface area contributed by atoms with Crippen LogP contribution in [0.3, 0.4) is 0 Å². The Morgan fingerprint density at radius 3 is 2.58 bits per heavy atom. The van der Waals surface area contributed by atoms with E-state index in [4.69, 9.17) is 9.72 Å². The van der Waals surface area contributed by atoms with Gasteiger partial charge in [0.25, 0.3) is 0 Å². The van der Waals surface area contributed by atoms with Crippen LogP contribution in [-0.4, -0.2) is 22.8 Å². The summed E-state index contributed by atoms with van der Waals surface area (Å²) in [5.41, 5.74) is 5.78. The largest absolute Gasteiger partial charge is 0.377 e. The minimum absolute atomic E-state index is 0.668. The van der Waals surface area contributed by atoms with Gasteiger partial charge in [-0.15, -0.1) is 0 Å². The smallest absolute Gasteiger partial charge is 0.144 e. The first-order valence-corrected chi connectivity index (χ1v) is 8.30. The van der Waals surface area contributed by atoms with Crippen LogP contribution < -0.4 is 0 Å². The molecule has 0 aliphatic carbocycles. The fourth-order valence-corrected chi connectivity index (χ4v) is 3.07. The third kappa shape index (κ3) is 2.91. The van der Waals surface area contributed by atoms with Gasteiger partial charge >= 0.3 is 0 Å². The lowest BCUT2D eigenvalue weighted by Crippen LogP contribution is -2.09. The monoisotopic (exact) mass is 316 g/mol. The summed E-state index contributed by atoms with van der Waals surface area (Å²) in [6.07, 6.45) is 5.20. The summed E-state index contributed by atoms with van der Waals surface area (Å²) >= 11 is 0. The lowest BCUT2D eigenvalue weighted by atomic mass is 10.1. The van der Waals surface area contributed by atoms with E-state index in [0.29, 0.717) is 6.61 Å². The second-order valence-electron chi connectivity index (χ2n) is 6.08. The van der Waals surface area contributed by atoms with Crippen molar-refractivity contribution in [3.8, 4) is 22.6 Å². The molecule has 120 valence electrons. The first-order chi connectivity index (χ1) is 11.8. The number of aryl methyl sites for hydroxylation is 1. The Hall–Kier alpha value is -2.65. The van der Waals surface area contributed by atoms with E-state index < -0.39 is 0 Å². The third-order valence-corrected chi connectivity index (χ3v) is 4.30. The maximum atomic E-state index is 5.46. The summed E-state index contributed by atoms with van der Waals surface area (Å²) < 4.78 is 7.68. The van der Waals surface area contributed by atoms with Gasteiger partial charge in [-0.25, -0.2) is 4.98 Å². The number of hydrogen-bond acceptors (Lipinski definition) is 2. The normalized spacial score (nSPS) is 14.5. The second-order valence-corrected chi connectivity index (χ2v) is 6.08. The average Bonchev–Trinajstić information content (AvgIpc) is 3.09. The standard InChI is InChI=1S/C21H20N2O/c1-16-6-5-9-18(14-16)20-15-23(19-10-12-24-13-11-19)21(22-20)17-7-3-2-4-8-17/h2-10,14-15H,11-13H2,1H3. The summed E-state index contributed by atoms with van der Waals surface area (Å²) in [7, 11) is 0. The molecule has 3 aromatic rings. The van der Waals surface area contributed by atoms with Gasteiger partial charge in [-0.05, 0) is 19.1 Å². The Morgan fingerprint density at radius 1 is 1.00 bits per heavy atom. The maximum Gasteiger partial charge on any atom is 0.144 e. The Labute approximate surface area is 142 Å². The van der Waals surface area contributed by atoms with Crippen molar-refractivity contribution in [2.75, 3.05) is 13.2 Å². The lowest BCUT2D eigenvalue weighted by Gasteiger charge is -2.16. The van der Waals surface area contributed by atoms with E-state index in [1.807, 2.05) is 6.07 Å². The minimum Gasteiger partial charge on any atom is -0.377 e. The highest BCUT2D eigenvalue weighted by Gasteiger charge is 2.16. The van der Waals surface area contributed by atoms with E-state index in [2.05, 4.69) is 72.3 Å². The molecule has 3 heteroatoms. The molecule has 0 spiro atoms. The first-order valence-electron chi connectivity index (χ1n) is 8.30. The van der Waals surface area contributed by atoms with Crippen molar-refractivity contribution >= 4 is 5.70 Å². The summed E-state index contributed by atoms with van der Waals surface area (Å²) in [5.74, 6) is 0.986. The summed E-state index contributed by atoms with van der Waals surface area (Å²) in [6, 6.07) is 18.9. The predicted octanol–water partition coefficient (Wildman–Crippen LogP) is 4.79. The molecule has 0 saturated heterocycles. The molecular weight excluding hydrogens is 296 g/mol. The van der Waals surface area contributed by atoms with Gasteiger partial charge in [-0.2, -0.15) is 0 Å². The molecule has 1 aliphatic heterocycles. The van der Waals surface area contributed by atoms with Crippen LogP contribution in [0.15, 0.2) is 66.9 Å². The number of rotatable bonds is 3. The Balaban J connectivity index is 1.86.